The fourth-order valence-electron chi connectivity index (χ4n) is 3.02. The molecule has 1 aliphatic rings. The number of rotatable bonds is 8. The van der Waals surface area contributed by atoms with Crippen LogP contribution in [0.15, 0.2) is 30.3 Å². The number of carboxylic acids is 1. The first-order valence-electron chi connectivity index (χ1n) is 8.93. The third-order valence-corrected chi connectivity index (χ3v) is 4.34. The molecule has 2 rings (SSSR count). The molecule has 0 bridgehead atoms. The van der Waals surface area contributed by atoms with Crippen LogP contribution in [0.3, 0.4) is 0 Å². The molecule has 0 saturated carbocycles. The summed E-state index contributed by atoms with van der Waals surface area (Å²) in [4.78, 5) is 37.0. The lowest BCUT2D eigenvalue weighted by molar-refractivity contribution is -0.137. The highest BCUT2D eigenvalue weighted by Crippen LogP contribution is 2.18. The number of piperidine rings is 1. The third kappa shape index (κ3) is 6.38. The molecule has 0 spiro atoms. The fraction of sp³-hybridized carbons (Fsp3) is 0.526. The van der Waals surface area contributed by atoms with Crippen LogP contribution in [0.1, 0.15) is 32.6 Å². The van der Waals surface area contributed by atoms with Crippen LogP contribution < -0.4 is 10.1 Å². The summed E-state index contributed by atoms with van der Waals surface area (Å²) in [6.07, 6.45) is 1.61. The smallest absolute Gasteiger partial charge is 0.305 e. The van der Waals surface area contributed by atoms with Gasteiger partial charge in [-0.25, -0.2) is 0 Å². The van der Waals surface area contributed by atoms with Crippen LogP contribution in [-0.4, -0.2) is 53.5 Å². The number of carbonyl (C=O) groups is 3. The third-order valence-electron chi connectivity index (χ3n) is 4.34. The molecule has 2 amide bonds. The quantitative estimate of drug-likeness (QED) is 0.733. The Labute approximate surface area is 153 Å². The van der Waals surface area contributed by atoms with Crippen LogP contribution in [-0.2, 0) is 14.4 Å². The lowest BCUT2D eigenvalue weighted by Crippen LogP contribution is -2.47. The summed E-state index contributed by atoms with van der Waals surface area (Å²) in [5, 5.41) is 11.5. The molecule has 1 aromatic rings. The second-order valence-electron chi connectivity index (χ2n) is 6.60. The SMILES string of the molecule is CC(CC(=O)O)NC(=O)C1CCCN(C(=O)CCOc2ccccc2)C1. The normalized spacial score (nSPS) is 18.0. The van der Waals surface area contributed by atoms with Gasteiger partial charge in [0, 0.05) is 19.1 Å². The van der Waals surface area contributed by atoms with Crippen LogP contribution in [0.25, 0.3) is 0 Å². The molecular formula is C19H26N2O5. The summed E-state index contributed by atoms with van der Waals surface area (Å²) in [6.45, 7) is 2.97. The Bertz CT molecular complexity index is 620. The molecule has 1 fully saturated rings. The van der Waals surface area contributed by atoms with E-state index >= 15 is 0 Å². The van der Waals surface area contributed by atoms with E-state index in [-0.39, 0.29) is 30.6 Å². The number of nitrogens with one attached hydrogen (secondary N) is 1. The minimum Gasteiger partial charge on any atom is -0.493 e. The van der Waals surface area contributed by atoms with Gasteiger partial charge in [0.25, 0.3) is 0 Å². The number of likely N-dealkylation sites (tertiary alicyclic amines) is 1. The van der Waals surface area contributed by atoms with Crippen molar-refractivity contribution in [2.75, 3.05) is 19.7 Å². The molecule has 1 aromatic carbocycles. The number of aliphatic carboxylic acids is 1. The Kier molecular flexibility index (Phi) is 7.44. The Morgan fingerprint density at radius 1 is 1.31 bits per heavy atom. The summed E-state index contributed by atoms with van der Waals surface area (Å²) in [5.74, 6) is -0.729. The maximum Gasteiger partial charge on any atom is 0.305 e. The number of hydrogen-bond acceptors (Lipinski definition) is 4. The van der Waals surface area contributed by atoms with E-state index in [9.17, 15) is 14.4 Å². The van der Waals surface area contributed by atoms with Crippen molar-refractivity contribution < 1.29 is 24.2 Å². The van der Waals surface area contributed by atoms with Gasteiger partial charge in [-0.2, -0.15) is 0 Å². The molecule has 1 heterocycles. The van der Waals surface area contributed by atoms with Gasteiger partial charge in [0.05, 0.1) is 25.4 Å². The second kappa shape index (κ2) is 9.79. The van der Waals surface area contributed by atoms with Crippen molar-refractivity contribution in [3.05, 3.63) is 30.3 Å². The molecule has 0 aromatic heterocycles. The minimum atomic E-state index is -0.948. The van der Waals surface area contributed by atoms with Crippen molar-refractivity contribution in [2.45, 2.75) is 38.6 Å². The predicted octanol–water partition coefficient (Wildman–Crippen LogP) is 1.67. The monoisotopic (exact) mass is 362 g/mol. The van der Waals surface area contributed by atoms with E-state index in [2.05, 4.69) is 5.32 Å². The lowest BCUT2D eigenvalue weighted by atomic mass is 9.96. The molecule has 26 heavy (non-hydrogen) atoms. The van der Waals surface area contributed by atoms with E-state index in [1.165, 1.54) is 0 Å². The van der Waals surface area contributed by atoms with Gasteiger partial charge in [-0.3, -0.25) is 14.4 Å². The molecule has 142 valence electrons. The number of carbonyl (C=O) groups excluding carboxylic acids is 2. The van der Waals surface area contributed by atoms with Gasteiger partial charge >= 0.3 is 5.97 Å². The van der Waals surface area contributed by atoms with Gasteiger partial charge in [0.15, 0.2) is 0 Å². The van der Waals surface area contributed by atoms with Crippen molar-refractivity contribution >= 4 is 17.8 Å². The van der Waals surface area contributed by atoms with Crippen molar-refractivity contribution in [2.24, 2.45) is 5.92 Å². The van der Waals surface area contributed by atoms with E-state index in [4.69, 9.17) is 9.84 Å². The maximum absolute atomic E-state index is 12.4. The zero-order chi connectivity index (χ0) is 18.9. The van der Waals surface area contributed by atoms with E-state index in [1.807, 2.05) is 30.3 Å². The number of nitrogens with zero attached hydrogens (tertiary/aromatic N) is 1. The molecule has 1 aliphatic heterocycles. The van der Waals surface area contributed by atoms with E-state index in [0.29, 0.717) is 26.1 Å². The molecule has 7 nitrogen and oxygen atoms in total. The Morgan fingerprint density at radius 2 is 2.04 bits per heavy atom. The van der Waals surface area contributed by atoms with E-state index < -0.39 is 12.0 Å². The number of hydrogen-bond donors (Lipinski definition) is 2. The summed E-state index contributed by atoms with van der Waals surface area (Å²) in [5.41, 5.74) is 0. The summed E-state index contributed by atoms with van der Waals surface area (Å²) in [7, 11) is 0. The average molecular weight is 362 g/mol. The van der Waals surface area contributed by atoms with Crippen LogP contribution in [0.4, 0.5) is 0 Å². The molecule has 0 aliphatic carbocycles. The topological polar surface area (TPSA) is 95.9 Å². The van der Waals surface area contributed by atoms with Crippen LogP contribution in [0, 0.1) is 5.92 Å². The number of ether oxygens (including phenoxy) is 1. The highest BCUT2D eigenvalue weighted by atomic mass is 16.5. The summed E-state index contributed by atoms with van der Waals surface area (Å²) >= 11 is 0. The second-order valence-corrected chi connectivity index (χ2v) is 6.60. The zero-order valence-corrected chi connectivity index (χ0v) is 15.0. The maximum atomic E-state index is 12.4. The van der Waals surface area contributed by atoms with Gasteiger partial charge < -0.3 is 20.1 Å². The van der Waals surface area contributed by atoms with Crippen molar-refractivity contribution in [3.63, 3.8) is 0 Å². The summed E-state index contributed by atoms with van der Waals surface area (Å²) < 4.78 is 5.55. The number of amides is 2. The molecular weight excluding hydrogens is 336 g/mol. The van der Waals surface area contributed by atoms with Gasteiger partial charge in [-0.1, -0.05) is 18.2 Å². The van der Waals surface area contributed by atoms with Crippen LogP contribution >= 0.6 is 0 Å². The molecule has 7 heteroatoms. The summed E-state index contributed by atoms with van der Waals surface area (Å²) in [6, 6.07) is 8.89. The fourth-order valence-corrected chi connectivity index (χ4v) is 3.02. The molecule has 0 radical (unpaired) electrons. The van der Waals surface area contributed by atoms with Gasteiger partial charge in [-0.05, 0) is 31.9 Å². The van der Waals surface area contributed by atoms with Gasteiger partial charge in [0.1, 0.15) is 5.75 Å². The Morgan fingerprint density at radius 3 is 2.73 bits per heavy atom. The van der Waals surface area contributed by atoms with Crippen molar-refractivity contribution in [3.8, 4) is 5.75 Å². The van der Waals surface area contributed by atoms with Crippen molar-refractivity contribution in [1.29, 1.82) is 0 Å². The van der Waals surface area contributed by atoms with Crippen LogP contribution in [0.2, 0.25) is 0 Å². The molecule has 2 atom stereocenters. The number of benzene rings is 1. The van der Waals surface area contributed by atoms with Crippen LogP contribution in [0.5, 0.6) is 5.75 Å². The van der Waals surface area contributed by atoms with E-state index in [0.717, 1.165) is 12.2 Å². The Hall–Kier alpha value is -2.57. The first-order valence-corrected chi connectivity index (χ1v) is 8.93. The number of carboxylic acid groups (broad SMARTS) is 1. The first kappa shape index (κ1) is 19.8. The standard InChI is InChI=1S/C19H26N2O5/c1-14(12-18(23)24)20-19(25)15-6-5-10-21(13-15)17(22)9-11-26-16-7-3-2-4-8-16/h2-4,7-8,14-15H,5-6,9-13H2,1H3,(H,20,25)(H,23,24). The van der Waals surface area contributed by atoms with Crippen molar-refractivity contribution in [1.82, 2.24) is 10.2 Å². The molecule has 2 N–H and O–H groups in total. The average Bonchev–Trinajstić information content (AvgIpc) is 2.62. The van der Waals surface area contributed by atoms with E-state index in [1.54, 1.807) is 11.8 Å². The molecule has 2 unspecified atom stereocenters. The largest absolute Gasteiger partial charge is 0.493 e. The minimum absolute atomic E-state index is 0.0305. The number of para-hydroxylation sites is 1. The van der Waals surface area contributed by atoms with Gasteiger partial charge in [0.2, 0.25) is 11.8 Å². The highest BCUT2D eigenvalue weighted by Gasteiger charge is 2.29. The van der Waals surface area contributed by atoms with Gasteiger partial charge in [-0.15, -0.1) is 0 Å². The predicted molar refractivity (Wildman–Crippen MR) is 95.7 cm³/mol. The Balaban J connectivity index is 1.76. The highest BCUT2D eigenvalue weighted by molar-refractivity contribution is 5.82. The molecule has 1 saturated heterocycles. The lowest BCUT2D eigenvalue weighted by Gasteiger charge is -2.32. The zero-order valence-electron chi connectivity index (χ0n) is 15.0. The first-order chi connectivity index (χ1) is 12.5.